The number of aryl methyl sites for hydroxylation is 1. The van der Waals surface area contributed by atoms with Gasteiger partial charge < -0.3 is 19.1 Å². The molecule has 0 saturated heterocycles. The summed E-state index contributed by atoms with van der Waals surface area (Å²) < 4.78 is 18.1. The van der Waals surface area contributed by atoms with E-state index in [0.717, 1.165) is 60.4 Å². The van der Waals surface area contributed by atoms with Crippen LogP contribution in [-0.2, 0) is 21.3 Å². The first-order chi connectivity index (χ1) is 22.5. The molecule has 9 heteroatoms. The molecular weight excluding hydrogens is 618 g/mol. The number of nitrogens with zero attached hydrogens (tertiary/aromatic N) is 3. The first-order valence-corrected chi connectivity index (χ1v) is 18.1. The molecule has 3 aliphatic carbocycles. The molecule has 2 heterocycles. The van der Waals surface area contributed by atoms with Crippen molar-refractivity contribution in [3.8, 4) is 5.75 Å². The molecule has 1 spiro atoms. The Bertz CT molecular complexity index is 1540. The highest BCUT2D eigenvalue weighted by molar-refractivity contribution is 7.99. The molecule has 1 aromatic heterocycles. The number of hydrogen-bond acceptors (Lipinski definition) is 8. The number of rotatable bonds is 8. The van der Waals surface area contributed by atoms with Gasteiger partial charge in [-0.05, 0) is 117 Å². The van der Waals surface area contributed by atoms with Crippen LogP contribution in [0.5, 0.6) is 5.75 Å². The number of anilines is 1. The summed E-state index contributed by atoms with van der Waals surface area (Å²) >= 11 is 8.29. The van der Waals surface area contributed by atoms with Gasteiger partial charge in [0.1, 0.15) is 5.75 Å². The Labute approximate surface area is 281 Å². The zero-order valence-corrected chi connectivity index (χ0v) is 28.4. The van der Waals surface area contributed by atoms with Gasteiger partial charge in [-0.3, -0.25) is 0 Å². The average molecular weight is 662 g/mol. The second kappa shape index (κ2) is 13.7. The maximum absolute atomic E-state index is 12.6. The summed E-state index contributed by atoms with van der Waals surface area (Å²) in [6.07, 6.45) is 14.2. The van der Waals surface area contributed by atoms with Crippen molar-refractivity contribution in [2.24, 2.45) is 17.8 Å². The summed E-state index contributed by atoms with van der Waals surface area (Å²) in [5.41, 5.74) is 4.06. The van der Waals surface area contributed by atoms with Crippen LogP contribution in [0.2, 0.25) is 5.02 Å². The molecule has 0 unspecified atom stereocenters. The van der Waals surface area contributed by atoms with Gasteiger partial charge in [0.2, 0.25) is 0 Å². The summed E-state index contributed by atoms with van der Waals surface area (Å²) in [5.74, 6) is 2.02. The normalized spacial score (nSPS) is 27.8. The summed E-state index contributed by atoms with van der Waals surface area (Å²) in [6, 6.07) is 14.0. The van der Waals surface area contributed by atoms with Crippen molar-refractivity contribution in [2.75, 3.05) is 38.8 Å². The lowest BCUT2D eigenvalue weighted by Crippen LogP contribution is -2.51. The minimum atomic E-state index is -0.328. The third kappa shape index (κ3) is 6.37. The number of methoxy groups -OCH3 is 2. The van der Waals surface area contributed by atoms with Crippen molar-refractivity contribution in [1.82, 2.24) is 9.97 Å². The van der Waals surface area contributed by atoms with Gasteiger partial charge in [-0.25, -0.2) is 14.8 Å². The fourth-order valence-electron chi connectivity index (χ4n) is 8.69. The SMILES string of the molecule is COC(=O)c1ccc2c(c1)N(C[C@@H]1CC[C@H]1[C@H](OC)[C@H]1CCC[C@H](Sc3ncccn3)C1)C[C@@]1(CCCc3cc(Cl)ccc31)CO2. The van der Waals surface area contributed by atoms with E-state index in [4.69, 9.17) is 25.8 Å². The minimum absolute atomic E-state index is 0.157. The molecule has 3 aromatic rings. The van der Waals surface area contributed by atoms with Crippen LogP contribution in [0.1, 0.15) is 72.9 Å². The Hall–Kier alpha value is -2.81. The maximum Gasteiger partial charge on any atom is 0.337 e. The summed E-state index contributed by atoms with van der Waals surface area (Å²) in [4.78, 5) is 24.1. The van der Waals surface area contributed by atoms with E-state index in [0.29, 0.717) is 35.2 Å². The number of thioether (sulfide) groups is 1. The van der Waals surface area contributed by atoms with Gasteiger partial charge in [0.15, 0.2) is 5.16 Å². The molecule has 0 radical (unpaired) electrons. The monoisotopic (exact) mass is 661 g/mol. The standard InChI is InChI=1S/C37H44ClN3O4S/c1-43-34(25-6-3-8-29(19-25)46-36-39-16-5-17-40-36)30-12-9-27(30)21-41-22-37(15-4-7-24-18-28(38)11-13-31(24)37)23-45-33-14-10-26(20-32(33)41)35(42)44-2/h5,10-11,13-14,16-18,20,25,27,29-30,34H,3-4,6-9,12,15,19,21-23H2,1-2H3/t25-,27-,29-,30+,34+,37-/m0/s1. The van der Waals surface area contributed by atoms with Crippen LogP contribution in [0, 0.1) is 17.8 Å². The molecule has 4 aliphatic rings. The highest BCUT2D eigenvalue weighted by Crippen LogP contribution is 2.49. The van der Waals surface area contributed by atoms with Crippen LogP contribution in [0.3, 0.4) is 0 Å². The number of carbonyl (C=O) groups is 1. The number of halogens is 1. The molecule has 2 saturated carbocycles. The van der Waals surface area contributed by atoms with Crippen LogP contribution in [0.25, 0.3) is 0 Å². The van der Waals surface area contributed by atoms with Crippen molar-refractivity contribution in [1.29, 1.82) is 0 Å². The Balaban J connectivity index is 1.15. The first-order valence-electron chi connectivity index (χ1n) is 16.8. The number of ether oxygens (including phenoxy) is 3. The lowest BCUT2D eigenvalue weighted by molar-refractivity contribution is -0.0587. The van der Waals surface area contributed by atoms with Crippen molar-refractivity contribution in [3.63, 3.8) is 0 Å². The molecule has 0 N–H and O–H groups in total. The Morgan fingerprint density at radius 1 is 1.11 bits per heavy atom. The topological polar surface area (TPSA) is 73.8 Å². The molecule has 7 rings (SSSR count). The molecule has 46 heavy (non-hydrogen) atoms. The van der Waals surface area contributed by atoms with E-state index in [1.807, 2.05) is 61.6 Å². The largest absolute Gasteiger partial charge is 0.490 e. The van der Waals surface area contributed by atoms with Crippen molar-refractivity contribution >= 4 is 35.0 Å². The second-order valence-corrected chi connectivity index (χ2v) is 15.4. The zero-order valence-electron chi connectivity index (χ0n) is 26.8. The highest BCUT2D eigenvalue weighted by atomic mass is 35.5. The predicted octanol–water partition coefficient (Wildman–Crippen LogP) is 7.78. The third-order valence-electron chi connectivity index (χ3n) is 11.0. The molecule has 244 valence electrons. The summed E-state index contributed by atoms with van der Waals surface area (Å²) in [6.45, 7) is 2.34. The van der Waals surface area contributed by atoms with E-state index in [1.165, 1.54) is 50.3 Å². The molecule has 1 aliphatic heterocycles. The first kappa shape index (κ1) is 31.8. The third-order valence-corrected chi connectivity index (χ3v) is 12.4. The number of hydrogen-bond donors (Lipinski definition) is 0. The molecule has 0 amide bonds. The second-order valence-electron chi connectivity index (χ2n) is 13.7. The summed E-state index contributed by atoms with van der Waals surface area (Å²) in [7, 11) is 3.35. The maximum atomic E-state index is 12.6. The van der Waals surface area contributed by atoms with E-state index in [-0.39, 0.29) is 17.5 Å². The summed E-state index contributed by atoms with van der Waals surface area (Å²) in [5, 5.41) is 2.18. The molecule has 2 aromatic carbocycles. The van der Waals surface area contributed by atoms with E-state index in [9.17, 15) is 4.79 Å². The van der Waals surface area contributed by atoms with Gasteiger partial charge in [-0.1, -0.05) is 35.9 Å². The number of carbonyl (C=O) groups excluding carboxylic acids is 1. The van der Waals surface area contributed by atoms with E-state index in [2.05, 4.69) is 27.0 Å². The molecule has 0 bridgehead atoms. The van der Waals surface area contributed by atoms with Gasteiger partial charge in [-0.15, -0.1) is 0 Å². The van der Waals surface area contributed by atoms with Gasteiger partial charge in [0, 0.05) is 48.3 Å². The minimum Gasteiger partial charge on any atom is -0.490 e. The highest BCUT2D eigenvalue weighted by Gasteiger charge is 2.46. The average Bonchev–Trinajstić information content (AvgIpc) is 3.22. The number of esters is 1. The fourth-order valence-corrected chi connectivity index (χ4v) is 10.1. The number of aromatic nitrogens is 2. The quantitative estimate of drug-likeness (QED) is 0.179. The Morgan fingerprint density at radius 2 is 1.98 bits per heavy atom. The van der Waals surface area contributed by atoms with E-state index >= 15 is 0 Å². The molecule has 6 atom stereocenters. The fraction of sp³-hybridized carbons (Fsp3) is 0.541. The van der Waals surface area contributed by atoms with Crippen molar-refractivity contribution < 1.29 is 19.0 Å². The van der Waals surface area contributed by atoms with Gasteiger partial charge in [0.05, 0.1) is 31.1 Å². The number of benzene rings is 2. The van der Waals surface area contributed by atoms with Gasteiger partial charge in [0.25, 0.3) is 0 Å². The Kier molecular flexibility index (Phi) is 9.49. The van der Waals surface area contributed by atoms with E-state index < -0.39 is 0 Å². The zero-order chi connectivity index (χ0) is 31.7. The van der Waals surface area contributed by atoms with Crippen LogP contribution < -0.4 is 9.64 Å². The van der Waals surface area contributed by atoms with Crippen LogP contribution in [0.4, 0.5) is 5.69 Å². The van der Waals surface area contributed by atoms with Crippen LogP contribution in [0.15, 0.2) is 60.0 Å². The lowest BCUT2D eigenvalue weighted by atomic mass is 9.65. The van der Waals surface area contributed by atoms with Gasteiger partial charge >= 0.3 is 5.97 Å². The molecule has 2 fully saturated rings. The smallest absolute Gasteiger partial charge is 0.337 e. The van der Waals surface area contributed by atoms with Crippen molar-refractivity contribution in [2.45, 2.75) is 79.7 Å². The van der Waals surface area contributed by atoms with Gasteiger partial charge in [-0.2, -0.15) is 0 Å². The molecular formula is C37H44ClN3O4S. The van der Waals surface area contributed by atoms with E-state index in [1.54, 1.807) is 0 Å². The van der Waals surface area contributed by atoms with Crippen LogP contribution in [-0.4, -0.2) is 61.2 Å². The lowest BCUT2D eigenvalue weighted by Gasteiger charge is -2.48. The predicted molar refractivity (Wildman–Crippen MR) is 182 cm³/mol. The number of fused-ring (bicyclic) bond motifs is 3. The van der Waals surface area contributed by atoms with Crippen LogP contribution >= 0.6 is 23.4 Å². The molecule has 7 nitrogen and oxygen atoms in total. The van der Waals surface area contributed by atoms with Crippen molar-refractivity contribution in [3.05, 3.63) is 76.6 Å². The Morgan fingerprint density at radius 3 is 2.76 bits per heavy atom.